The molecule has 0 spiro atoms. The van der Waals surface area contributed by atoms with E-state index < -0.39 is 6.10 Å². The summed E-state index contributed by atoms with van der Waals surface area (Å²) in [5.41, 5.74) is 0.576. The zero-order chi connectivity index (χ0) is 24.1. The Labute approximate surface area is 199 Å². The van der Waals surface area contributed by atoms with E-state index in [-0.39, 0.29) is 23.4 Å². The van der Waals surface area contributed by atoms with E-state index >= 15 is 0 Å². The second-order valence-electron chi connectivity index (χ2n) is 7.27. The number of carbonyl (C=O) groups excluding carboxylic acids is 2. The molecule has 9 nitrogen and oxygen atoms in total. The predicted octanol–water partition coefficient (Wildman–Crippen LogP) is 3.77. The number of hydrogen-bond donors (Lipinski definition) is 1. The molecular formula is C21H25FN6O3S2. The first-order chi connectivity index (χ1) is 15.7. The molecule has 1 aromatic carbocycles. The fourth-order valence-corrected chi connectivity index (χ4v) is 4.73. The maximum Gasteiger partial charge on any atom is 0.265 e. The van der Waals surface area contributed by atoms with Gasteiger partial charge in [-0.2, -0.15) is 0 Å². The van der Waals surface area contributed by atoms with Crippen LogP contribution in [0.2, 0.25) is 0 Å². The second kappa shape index (κ2) is 10.8. The van der Waals surface area contributed by atoms with Crippen LogP contribution in [-0.2, 0) is 11.3 Å². The molecule has 0 aliphatic heterocycles. The molecule has 1 unspecified atom stereocenters. The molecule has 0 saturated heterocycles. The number of halogens is 1. The Morgan fingerprint density at radius 3 is 2.61 bits per heavy atom. The number of ether oxygens (including phenoxy) is 1. The van der Waals surface area contributed by atoms with Gasteiger partial charge in [0.15, 0.2) is 22.2 Å². The van der Waals surface area contributed by atoms with Gasteiger partial charge in [0.25, 0.3) is 5.91 Å². The molecule has 0 aliphatic rings. The first-order valence-electron chi connectivity index (χ1n) is 10.2. The van der Waals surface area contributed by atoms with E-state index in [9.17, 15) is 14.0 Å². The molecule has 12 heteroatoms. The first-order valence-corrected chi connectivity index (χ1v) is 12.0. The van der Waals surface area contributed by atoms with Gasteiger partial charge in [0, 0.05) is 20.6 Å². The Balaban J connectivity index is 1.62. The van der Waals surface area contributed by atoms with Gasteiger partial charge in [-0.25, -0.2) is 9.37 Å². The molecule has 1 N–H and O–H groups in total. The van der Waals surface area contributed by atoms with Gasteiger partial charge in [-0.05, 0) is 45.0 Å². The van der Waals surface area contributed by atoms with Crippen LogP contribution in [0, 0.1) is 12.7 Å². The van der Waals surface area contributed by atoms with Crippen LogP contribution in [0.1, 0.15) is 41.1 Å². The van der Waals surface area contributed by atoms with Crippen molar-refractivity contribution in [2.75, 3.05) is 25.2 Å². The van der Waals surface area contributed by atoms with Gasteiger partial charge in [0.2, 0.25) is 5.91 Å². The van der Waals surface area contributed by atoms with E-state index in [1.54, 1.807) is 33.2 Å². The van der Waals surface area contributed by atoms with Gasteiger partial charge in [-0.1, -0.05) is 23.1 Å². The Morgan fingerprint density at radius 1 is 1.27 bits per heavy atom. The van der Waals surface area contributed by atoms with Crippen LogP contribution in [0.25, 0.3) is 0 Å². The van der Waals surface area contributed by atoms with Crippen LogP contribution < -0.4 is 10.1 Å². The monoisotopic (exact) mass is 492 g/mol. The number of rotatable bonds is 9. The van der Waals surface area contributed by atoms with Crippen LogP contribution in [0.4, 0.5) is 9.52 Å². The zero-order valence-corrected chi connectivity index (χ0v) is 20.6. The third kappa shape index (κ3) is 6.08. The van der Waals surface area contributed by atoms with Gasteiger partial charge in [-0.15, -0.1) is 10.2 Å². The smallest absolute Gasteiger partial charge is 0.265 e. The molecule has 0 bridgehead atoms. The quantitative estimate of drug-likeness (QED) is 0.454. The lowest BCUT2D eigenvalue weighted by Crippen LogP contribution is -2.21. The van der Waals surface area contributed by atoms with E-state index in [2.05, 4.69) is 20.5 Å². The number of nitrogens with zero attached hydrogens (tertiary/aromatic N) is 5. The number of aryl methyl sites for hydroxylation is 1. The number of nitrogens with one attached hydrogen (secondary N) is 1. The number of anilines is 1. The standard InChI is InChI=1S/C21H25FN6O3S2/c1-6-28-18(13(3)31-15-9-7-14(22)8-10-15)25-26-21(28)32-11-16(29)24-20-23-12(2)17(33-20)19(30)27(4)5/h7-10,13H,6,11H2,1-5H3,(H,23,24,29). The van der Waals surface area contributed by atoms with E-state index in [0.29, 0.717) is 39.0 Å². The summed E-state index contributed by atoms with van der Waals surface area (Å²) in [4.78, 5) is 30.8. The van der Waals surface area contributed by atoms with Crippen molar-refractivity contribution >= 4 is 40.0 Å². The molecule has 2 amide bonds. The number of carbonyl (C=O) groups is 2. The van der Waals surface area contributed by atoms with Crippen LogP contribution in [0.15, 0.2) is 29.4 Å². The lowest BCUT2D eigenvalue weighted by molar-refractivity contribution is -0.113. The highest BCUT2D eigenvalue weighted by Gasteiger charge is 2.21. The largest absolute Gasteiger partial charge is 0.483 e. The summed E-state index contributed by atoms with van der Waals surface area (Å²) in [5.74, 6) is 0.472. The summed E-state index contributed by atoms with van der Waals surface area (Å²) in [7, 11) is 3.33. The van der Waals surface area contributed by atoms with Crippen molar-refractivity contribution in [3.8, 4) is 5.75 Å². The highest BCUT2D eigenvalue weighted by molar-refractivity contribution is 7.99. The van der Waals surface area contributed by atoms with Crippen molar-refractivity contribution in [2.45, 2.75) is 38.6 Å². The molecule has 1 atom stereocenters. The van der Waals surface area contributed by atoms with Crippen LogP contribution in [0.5, 0.6) is 5.75 Å². The number of amides is 2. The van der Waals surface area contributed by atoms with Crippen molar-refractivity contribution in [3.05, 3.63) is 46.5 Å². The van der Waals surface area contributed by atoms with E-state index in [4.69, 9.17) is 4.74 Å². The lowest BCUT2D eigenvalue weighted by Gasteiger charge is -2.15. The molecule has 3 aromatic rings. The summed E-state index contributed by atoms with van der Waals surface area (Å²) >= 11 is 2.39. The summed E-state index contributed by atoms with van der Waals surface area (Å²) in [6.45, 7) is 6.10. The van der Waals surface area contributed by atoms with Crippen LogP contribution in [-0.4, -0.2) is 56.3 Å². The molecule has 2 heterocycles. The minimum atomic E-state index is -0.419. The minimum absolute atomic E-state index is 0.0981. The summed E-state index contributed by atoms with van der Waals surface area (Å²) in [6, 6.07) is 5.76. The Kier molecular flexibility index (Phi) is 8.03. The van der Waals surface area contributed by atoms with E-state index in [0.717, 1.165) is 11.3 Å². The summed E-state index contributed by atoms with van der Waals surface area (Å²) in [6.07, 6.45) is -0.419. The topological polar surface area (TPSA) is 102 Å². The van der Waals surface area contributed by atoms with Gasteiger partial charge in [-0.3, -0.25) is 9.59 Å². The number of hydrogen-bond acceptors (Lipinski definition) is 8. The van der Waals surface area contributed by atoms with E-state index in [1.165, 1.54) is 28.8 Å². The van der Waals surface area contributed by atoms with Gasteiger partial charge >= 0.3 is 0 Å². The molecule has 0 fully saturated rings. The van der Waals surface area contributed by atoms with Crippen molar-refractivity contribution in [1.82, 2.24) is 24.6 Å². The molecule has 0 aliphatic carbocycles. The maximum absolute atomic E-state index is 13.1. The Bertz CT molecular complexity index is 1130. The van der Waals surface area contributed by atoms with Crippen molar-refractivity contribution in [3.63, 3.8) is 0 Å². The van der Waals surface area contributed by atoms with Crippen molar-refractivity contribution < 1.29 is 18.7 Å². The molecular weight excluding hydrogens is 467 g/mol. The Hall–Kier alpha value is -2.99. The van der Waals surface area contributed by atoms with Gasteiger partial charge in [0.05, 0.1) is 11.4 Å². The highest BCUT2D eigenvalue weighted by atomic mass is 32.2. The van der Waals surface area contributed by atoms with Gasteiger partial charge < -0.3 is 19.5 Å². The van der Waals surface area contributed by atoms with Crippen molar-refractivity contribution in [1.29, 1.82) is 0 Å². The summed E-state index contributed by atoms with van der Waals surface area (Å²) < 4.78 is 20.8. The normalized spacial score (nSPS) is 11.8. The number of thiazole rings is 1. The number of aromatic nitrogens is 4. The second-order valence-corrected chi connectivity index (χ2v) is 9.21. The zero-order valence-electron chi connectivity index (χ0n) is 19.0. The number of thioether (sulfide) groups is 1. The average Bonchev–Trinajstić information content (AvgIpc) is 3.35. The number of benzene rings is 1. The molecule has 0 saturated carbocycles. The molecule has 33 heavy (non-hydrogen) atoms. The van der Waals surface area contributed by atoms with Gasteiger partial charge in [0.1, 0.15) is 16.4 Å². The van der Waals surface area contributed by atoms with Crippen molar-refractivity contribution in [2.24, 2.45) is 0 Å². The SMILES string of the molecule is CCn1c(SCC(=O)Nc2nc(C)c(C(=O)N(C)C)s2)nnc1C(C)Oc1ccc(F)cc1. The Morgan fingerprint density at radius 2 is 1.97 bits per heavy atom. The predicted molar refractivity (Wildman–Crippen MR) is 125 cm³/mol. The van der Waals surface area contributed by atoms with E-state index in [1.807, 2.05) is 18.4 Å². The molecule has 176 valence electrons. The maximum atomic E-state index is 13.1. The minimum Gasteiger partial charge on any atom is -0.483 e. The first kappa shape index (κ1) is 24.6. The fraction of sp³-hybridized carbons (Fsp3) is 0.381. The fourth-order valence-electron chi connectivity index (χ4n) is 2.91. The van der Waals surface area contributed by atoms with Crippen LogP contribution in [0.3, 0.4) is 0 Å². The summed E-state index contributed by atoms with van der Waals surface area (Å²) in [5, 5.41) is 12.1. The average molecular weight is 493 g/mol. The molecule has 2 aromatic heterocycles. The molecule has 3 rings (SSSR count). The highest BCUT2D eigenvalue weighted by Crippen LogP contribution is 2.26. The lowest BCUT2D eigenvalue weighted by atomic mass is 10.3. The van der Waals surface area contributed by atoms with Crippen LogP contribution >= 0.6 is 23.1 Å². The molecule has 0 radical (unpaired) electrons. The third-order valence-corrected chi connectivity index (χ3v) is 6.56. The third-order valence-electron chi connectivity index (χ3n) is 4.53.